The van der Waals surface area contributed by atoms with E-state index in [1.807, 2.05) is 0 Å². The number of aromatic nitrogens is 4. The average molecular weight is 780 g/mol. The molecule has 18 nitrogen and oxygen atoms in total. The van der Waals surface area contributed by atoms with Crippen LogP contribution in [-0.2, 0) is 39.6 Å². The molecule has 8 N–H and O–H groups in total. The topological polar surface area (TPSA) is 294 Å². The summed E-state index contributed by atoms with van der Waals surface area (Å²) in [7, 11) is -1.00. The fourth-order valence-corrected chi connectivity index (χ4v) is 5.46. The van der Waals surface area contributed by atoms with Crippen LogP contribution in [0.25, 0.3) is 21.8 Å². The van der Waals surface area contributed by atoms with E-state index in [0.29, 0.717) is 22.4 Å². The van der Waals surface area contributed by atoms with Crippen molar-refractivity contribution in [1.82, 2.24) is 29.7 Å². The number of halogens is 1. The molecule has 2 aliphatic rings. The number of alkyl halides is 1. The molecule has 0 spiro atoms. The van der Waals surface area contributed by atoms with Crippen LogP contribution in [0.5, 0.6) is 0 Å². The molecule has 0 bridgehead atoms. The zero-order valence-electron chi connectivity index (χ0n) is 26.9. The summed E-state index contributed by atoms with van der Waals surface area (Å²) in [6.07, 6.45) is 0.729. The van der Waals surface area contributed by atoms with Crippen molar-refractivity contribution in [3.63, 3.8) is 0 Å². The molecule has 4 heterocycles. The molecule has 4 amide bonds. The molecule has 2 aromatic heterocycles. The molecule has 0 saturated carbocycles. The number of nitrogens with two attached hydrogens (primary N) is 1. The summed E-state index contributed by atoms with van der Waals surface area (Å²) >= 11 is 0. The standard InChI is InChI=1S/C14H12N4O5.C14H14N4O3.CH3F.2H2O.Pd/c1-7-15-8-3-2-4-9(18(22)23)12(8)14(21)17(7)10-5-6-11(19)16-13(10)20;1-7-16-9-4-2-3-8(15)12(9)14(21)18(7)10-5-6-11(19)17-13(10)20;1-2;;;/h2-4,10H,5-6H2,1H3,(H,16,19,20);2-4,10H,5-6,15H2,1H3,(H,17,19,20);1H3;2*1H2;/i;;1D;;;. The third-order valence-corrected chi connectivity index (χ3v) is 7.46. The number of nitro groups is 1. The fraction of sp³-hybridized carbons (Fsp3) is 0.310. The molecular weight excluding hydrogens is 746 g/mol. The summed E-state index contributed by atoms with van der Waals surface area (Å²) in [6, 6.07) is 7.58. The van der Waals surface area contributed by atoms with Crippen molar-refractivity contribution in [2.24, 2.45) is 0 Å². The molecule has 0 radical (unpaired) electrons. The SMILES string of the molecule is Cc1nc2cccc(N)c2c(=O)n1C1CCC(=O)NC1=O.Cc1nc2cccc([N+](=O)[O-])c2c(=O)n1C1CCC(=O)NC1=O.O.O.[2H]CF.[Pd]. The number of rotatable bonds is 3. The second-order valence-electron chi connectivity index (χ2n) is 10.3. The van der Waals surface area contributed by atoms with E-state index in [2.05, 4.69) is 20.6 Å². The predicted molar refractivity (Wildman–Crippen MR) is 170 cm³/mol. The number of nitrogen functional groups attached to an aromatic ring is 1. The molecule has 266 valence electrons. The number of piperidine rings is 2. The van der Waals surface area contributed by atoms with Gasteiger partial charge in [0.2, 0.25) is 23.6 Å². The number of hydrogen-bond acceptors (Lipinski definition) is 11. The van der Waals surface area contributed by atoms with Gasteiger partial charge in [0.05, 0.1) is 29.9 Å². The van der Waals surface area contributed by atoms with Crippen molar-refractivity contribution < 1.29 is 61.2 Å². The monoisotopic (exact) mass is 779 g/mol. The van der Waals surface area contributed by atoms with Crippen molar-refractivity contribution in [3.05, 3.63) is 78.9 Å². The molecule has 49 heavy (non-hydrogen) atoms. The van der Waals surface area contributed by atoms with Gasteiger partial charge in [0, 0.05) is 45.0 Å². The first-order valence-corrected chi connectivity index (χ1v) is 13.8. The van der Waals surface area contributed by atoms with E-state index in [1.165, 1.54) is 22.8 Å². The van der Waals surface area contributed by atoms with Crippen LogP contribution in [0.1, 0.15) is 50.8 Å². The number of benzene rings is 2. The first-order chi connectivity index (χ1) is 22.3. The Bertz CT molecular complexity index is 2080. The molecule has 2 unspecified atom stereocenters. The van der Waals surface area contributed by atoms with Crippen LogP contribution in [0.2, 0.25) is 0 Å². The number of amides is 4. The van der Waals surface area contributed by atoms with E-state index in [1.54, 1.807) is 32.0 Å². The minimum Gasteiger partial charge on any atom is -0.412 e. The van der Waals surface area contributed by atoms with Crippen molar-refractivity contribution >= 4 is 56.8 Å². The number of imide groups is 2. The predicted octanol–water partition coefficient (Wildman–Crippen LogP) is -0.211. The van der Waals surface area contributed by atoms with Gasteiger partial charge in [-0.3, -0.25) is 63.0 Å². The van der Waals surface area contributed by atoms with E-state index in [9.17, 15) is 43.3 Å². The zero-order valence-corrected chi connectivity index (χ0v) is 27.5. The van der Waals surface area contributed by atoms with E-state index >= 15 is 0 Å². The Balaban J connectivity index is 0.000000440. The number of nitrogens with zero attached hydrogens (tertiary/aromatic N) is 5. The molecule has 2 atom stereocenters. The fourth-order valence-electron chi connectivity index (χ4n) is 5.46. The Hall–Kier alpha value is -5.29. The van der Waals surface area contributed by atoms with Gasteiger partial charge in [-0.25, -0.2) is 9.97 Å². The Morgan fingerprint density at radius 3 is 1.67 bits per heavy atom. The smallest absolute Gasteiger partial charge is 0.284 e. The number of anilines is 1. The van der Waals surface area contributed by atoms with Crippen LogP contribution in [0.4, 0.5) is 15.8 Å². The quantitative estimate of drug-likeness (QED) is 0.0804. The van der Waals surface area contributed by atoms with Crippen LogP contribution in [-0.4, -0.2) is 65.8 Å². The maximum absolute atomic E-state index is 12.8. The normalized spacial score (nSPS) is 16.9. The van der Waals surface area contributed by atoms with Crippen molar-refractivity contribution in [2.75, 3.05) is 12.9 Å². The number of non-ortho nitro benzene ring substituents is 1. The van der Waals surface area contributed by atoms with Gasteiger partial charge in [-0.05, 0) is 44.9 Å². The van der Waals surface area contributed by atoms with E-state index in [-0.39, 0.29) is 90.9 Å². The summed E-state index contributed by atoms with van der Waals surface area (Å²) < 4.78 is 17.9. The van der Waals surface area contributed by atoms with Gasteiger partial charge in [-0.2, -0.15) is 0 Å². The molecule has 0 aliphatic carbocycles. The first kappa shape index (κ1) is 39.9. The Morgan fingerprint density at radius 1 is 0.837 bits per heavy atom. The largest absolute Gasteiger partial charge is 0.412 e. The molecule has 6 rings (SSSR count). The number of carbonyl (C=O) groups excluding carboxylic acids is 4. The first-order valence-electron chi connectivity index (χ1n) is 14.5. The van der Waals surface area contributed by atoms with Crippen LogP contribution in [0.3, 0.4) is 0 Å². The van der Waals surface area contributed by atoms with Crippen LogP contribution in [0, 0.1) is 24.0 Å². The second kappa shape index (κ2) is 17.2. The number of nitrogens with one attached hydrogen (secondary N) is 2. The van der Waals surface area contributed by atoms with E-state index in [0.717, 1.165) is 4.57 Å². The van der Waals surface area contributed by atoms with E-state index < -0.39 is 47.4 Å². The Kier molecular flexibility index (Phi) is 14.0. The molecule has 2 aromatic carbocycles. The second-order valence-corrected chi connectivity index (χ2v) is 10.3. The number of nitro benzene ring substituents is 1. The molecule has 2 aliphatic heterocycles. The van der Waals surface area contributed by atoms with Gasteiger partial charge in [0.1, 0.15) is 29.1 Å². The Morgan fingerprint density at radius 2 is 1.24 bits per heavy atom. The van der Waals surface area contributed by atoms with Gasteiger partial charge in [0.15, 0.2) is 0 Å². The number of carbonyl (C=O) groups is 4. The van der Waals surface area contributed by atoms with Crippen molar-refractivity contribution in [3.8, 4) is 0 Å². The zero-order chi connectivity index (χ0) is 34.6. The summed E-state index contributed by atoms with van der Waals surface area (Å²) in [5, 5.41) is 15.7. The summed E-state index contributed by atoms with van der Waals surface area (Å²) in [4.78, 5) is 90.9. The van der Waals surface area contributed by atoms with Gasteiger partial charge >= 0.3 is 0 Å². The number of fused-ring (bicyclic) bond motifs is 2. The van der Waals surface area contributed by atoms with Gasteiger partial charge in [-0.15, -0.1) is 0 Å². The number of aryl methyl sites for hydroxylation is 2. The summed E-state index contributed by atoms with van der Waals surface area (Å²) in [6.45, 7) is 3.21. The van der Waals surface area contributed by atoms with E-state index in [4.69, 9.17) is 7.10 Å². The third-order valence-electron chi connectivity index (χ3n) is 7.46. The maximum atomic E-state index is 12.8. The number of hydrogen-bond donors (Lipinski definition) is 3. The summed E-state index contributed by atoms with van der Waals surface area (Å²) in [5.74, 6) is -1.13. The minimum atomic E-state index is -1.00. The molecule has 2 fully saturated rings. The maximum Gasteiger partial charge on any atom is 0.284 e. The Labute approximate surface area is 290 Å². The third kappa shape index (κ3) is 8.24. The van der Waals surface area contributed by atoms with Crippen molar-refractivity contribution in [2.45, 2.75) is 51.6 Å². The molecule has 4 aromatic rings. The van der Waals surface area contributed by atoms with Gasteiger partial charge < -0.3 is 16.7 Å². The van der Waals surface area contributed by atoms with Crippen LogP contribution < -0.4 is 27.5 Å². The van der Waals surface area contributed by atoms with Crippen molar-refractivity contribution in [1.29, 1.82) is 0 Å². The molecule has 2 saturated heterocycles. The van der Waals surface area contributed by atoms with Gasteiger partial charge in [-0.1, -0.05) is 12.1 Å². The minimum absolute atomic E-state index is 0. The molecular formula is C29H33FN8O10Pd. The van der Waals surface area contributed by atoms with Crippen LogP contribution in [0.15, 0.2) is 46.0 Å². The van der Waals surface area contributed by atoms with Crippen LogP contribution >= 0.6 is 0 Å². The molecule has 20 heteroatoms. The van der Waals surface area contributed by atoms with Gasteiger partial charge in [0.25, 0.3) is 16.8 Å². The summed E-state index contributed by atoms with van der Waals surface area (Å²) in [5.41, 5.74) is 5.50. The average Bonchev–Trinajstić information content (AvgIpc) is 2.99.